The van der Waals surface area contributed by atoms with Crippen LogP contribution in [0.2, 0.25) is 0 Å². The molecule has 0 radical (unpaired) electrons. The molecule has 0 aliphatic heterocycles. The van der Waals surface area contributed by atoms with Gasteiger partial charge in [-0.2, -0.15) is 0 Å². The summed E-state index contributed by atoms with van der Waals surface area (Å²) in [4.78, 5) is 14.1. The Kier molecular flexibility index (Phi) is 6.62. The van der Waals surface area contributed by atoms with Gasteiger partial charge in [-0.15, -0.1) is 0 Å². The number of carbonyl (C=O) groups is 1. The number of carbonyl (C=O) groups excluding carboxylic acids is 1. The Balaban J connectivity index is 2.41. The SMILES string of the molecule is CC(C)CC(C)N(C)CCC(=O)Nc1ccc(F)c(N)c1. The van der Waals surface area contributed by atoms with Gasteiger partial charge in [0.05, 0.1) is 5.69 Å². The molecule has 0 saturated carbocycles. The maximum Gasteiger partial charge on any atom is 0.225 e. The minimum absolute atomic E-state index is 0.0375. The molecule has 1 unspecified atom stereocenters. The van der Waals surface area contributed by atoms with Crippen molar-refractivity contribution in [2.45, 2.75) is 39.7 Å². The third kappa shape index (κ3) is 6.12. The molecule has 1 aromatic carbocycles. The second-order valence-corrected chi connectivity index (χ2v) is 5.99. The van der Waals surface area contributed by atoms with Crippen molar-refractivity contribution in [2.24, 2.45) is 5.92 Å². The topological polar surface area (TPSA) is 58.4 Å². The molecule has 21 heavy (non-hydrogen) atoms. The molecule has 0 aromatic heterocycles. The van der Waals surface area contributed by atoms with Crippen molar-refractivity contribution in [3.63, 3.8) is 0 Å². The average Bonchev–Trinajstić information content (AvgIpc) is 2.39. The molecule has 1 rings (SSSR count). The van der Waals surface area contributed by atoms with E-state index in [0.717, 1.165) is 6.42 Å². The summed E-state index contributed by atoms with van der Waals surface area (Å²) >= 11 is 0. The van der Waals surface area contributed by atoms with Crippen molar-refractivity contribution in [2.75, 3.05) is 24.6 Å². The Labute approximate surface area is 126 Å². The number of nitrogen functional groups attached to an aromatic ring is 1. The van der Waals surface area contributed by atoms with Gasteiger partial charge >= 0.3 is 0 Å². The van der Waals surface area contributed by atoms with Crippen LogP contribution in [0.3, 0.4) is 0 Å². The van der Waals surface area contributed by atoms with Crippen LogP contribution in [0.1, 0.15) is 33.6 Å². The lowest BCUT2D eigenvalue weighted by molar-refractivity contribution is -0.116. The van der Waals surface area contributed by atoms with Gasteiger partial charge in [0.2, 0.25) is 5.91 Å². The monoisotopic (exact) mass is 295 g/mol. The van der Waals surface area contributed by atoms with Gasteiger partial charge < -0.3 is 16.0 Å². The van der Waals surface area contributed by atoms with Crippen molar-refractivity contribution >= 4 is 17.3 Å². The predicted molar refractivity (Wildman–Crippen MR) is 85.6 cm³/mol. The Bertz CT molecular complexity index is 477. The van der Waals surface area contributed by atoms with Crippen molar-refractivity contribution in [1.29, 1.82) is 0 Å². The van der Waals surface area contributed by atoms with Gasteiger partial charge in [-0.05, 0) is 44.5 Å². The lowest BCUT2D eigenvalue weighted by Gasteiger charge is -2.25. The van der Waals surface area contributed by atoms with E-state index in [9.17, 15) is 9.18 Å². The first-order chi connectivity index (χ1) is 9.79. The molecule has 1 aromatic rings. The van der Waals surface area contributed by atoms with Crippen molar-refractivity contribution in [1.82, 2.24) is 4.90 Å². The summed E-state index contributed by atoms with van der Waals surface area (Å²) in [6.07, 6.45) is 1.50. The molecule has 0 spiro atoms. The van der Waals surface area contributed by atoms with E-state index in [1.54, 1.807) is 0 Å². The number of anilines is 2. The van der Waals surface area contributed by atoms with Crippen LogP contribution in [0.5, 0.6) is 0 Å². The van der Waals surface area contributed by atoms with Crippen LogP contribution >= 0.6 is 0 Å². The minimum atomic E-state index is -0.477. The number of nitrogens with one attached hydrogen (secondary N) is 1. The van der Waals surface area contributed by atoms with Crippen LogP contribution in [0.4, 0.5) is 15.8 Å². The second kappa shape index (κ2) is 7.98. The highest BCUT2D eigenvalue weighted by Gasteiger charge is 2.12. The van der Waals surface area contributed by atoms with Crippen molar-refractivity contribution < 1.29 is 9.18 Å². The fraction of sp³-hybridized carbons (Fsp3) is 0.562. The summed E-state index contributed by atoms with van der Waals surface area (Å²) < 4.78 is 13.0. The Morgan fingerprint density at radius 2 is 2.05 bits per heavy atom. The van der Waals surface area contributed by atoms with E-state index in [2.05, 4.69) is 31.0 Å². The summed E-state index contributed by atoms with van der Waals surface area (Å²) in [6, 6.07) is 4.63. The summed E-state index contributed by atoms with van der Waals surface area (Å²) in [5.74, 6) is 0.0679. The number of amides is 1. The summed E-state index contributed by atoms with van der Waals surface area (Å²) in [6.45, 7) is 7.24. The van der Waals surface area contributed by atoms with Crippen molar-refractivity contribution in [3.05, 3.63) is 24.0 Å². The highest BCUT2D eigenvalue weighted by molar-refractivity contribution is 5.91. The first kappa shape index (κ1) is 17.4. The Morgan fingerprint density at radius 3 is 2.62 bits per heavy atom. The van der Waals surface area contributed by atoms with Crippen molar-refractivity contribution in [3.8, 4) is 0 Å². The zero-order valence-corrected chi connectivity index (χ0v) is 13.3. The molecule has 0 aliphatic rings. The molecule has 3 N–H and O–H groups in total. The van der Waals surface area contributed by atoms with Crippen LogP contribution in [0, 0.1) is 11.7 Å². The van der Waals surface area contributed by atoms with Gasteiger partial charge in [-0.25, -0.2) is 4.39 Å². The highest BCUT2D eigenvalue weighted by atomic mass is 19.1. The van der Waals surface area contributed by atoms with E-state index in [1.165, 1.54) is 18.2 Å². The van der Waals surface area contributed by atoms with Crippen LogP contribution in [-0.2, 0) is 4.79 Å². The molecular weight excluding hydrogens is 269 g/mol. The van der Waals surface area contributed by atoms with E-state index in [-0.39, 0.29) is 11.6 Å². The first-order valence-electron chi connectivity index (χ1n) is 7.34. The maximum absolute atomic E-state index is 13.0. The van der Waals surface area contributed by atoms with Crippen LogP contribution in [0.25, 0.3) is 0 Å². The molecular formula is C16H26FN3O. The highest BCUT2D eigenvalue weighted by Crippen LogP contribution is 2.16. The maximum atomic E-state index is 13.0. The van der Waals surface area contributed by atoms with Crippen LogP contribution < -0.4 is 11.1 Å². The fourth-order valence-corrected chi connectivity index (χ4v) is 2.21. The summed E-state index contributed by atoms with van der Waals surface area (Å²) in [5.41, 5.74) is 6.03. The molecule has 1 amide bonds. The summed E-state index contributed by atoms with van der Waals surface area (Å²) in [5, 5.41) is 2.73. The van der Waals surface area contributed by atoms with Crippen LogP contribution in [-0.4, -0.2) is 30.4 Å². The normalized spacial score (nSPS) is 12.7. The third-order valence-electron chi connectivity index (χ3n) is 3.54. The van der Waals surface area contributed by atoms with Gasteiger partial charge in [0.15, 0.2) is 0 Å². The number of rotatable bonds is 7. The van der Waals surface area contributed by atoms with Gasteiger partial charge in [0.1, 0.15) is 5.82 Å². The molecule has 5 heteroatoms. The standard InChI is InChI=1S/C16H26FN3O/c1-11(2)9-12(3)20(4)8-7-16(21)19-13-5-6-14(17)15(18)10-13/h5-6,10-12H,7-9,18H2,1-4H3,(H,19,21). The van der Waals surface area contributed by atoms with Gasteiger partial charge in [-0.1, -0.05) is 13.8 Å². The molecule has 118 valence electrons. The molecule has 0 fully saturated rings. The van der Waals surface area contributed by atoms with Gasteiger partial charge in [-0.3, -0.25) is 4.79 Å². The number of benzene rings is 1. The smallest absolute Gasteiger partial charge is 0.225 e. The third-order valence-corrected chi connectivity index (χ3v) is 3.54. The van der Waals surface area contributed by atoms with E-state index >= 15 is 0 Å². The van der Waals surface area contributed by atoms with E-state index in [1.807, 2.05) is 7.05 Å². The van der Waals surface area contributed by atoms with Crippen LogP contribution in [0.15, 0.2) is 18.2 Å². The summed E-state index contributed by atoms with van der Waals surface area (Å²) in [7, 11) is 2.02. The molecule has 1 atom stereocenters. The number of hydrogen-bond acceptors (Lipinski definition) is 3. The van der Waals surface area contributed by atoms with E-state index in [0.29, 0.717) is 30.6 Å². The molecule has 0 heterocycles. The minimum Gasteiger partial charge on any atom is -0.396 e. The number of nitrogens with zero attached hydrogens (tertiary/aromatic N) is 1. The Morgan fingerprint density at radius 1 is 1.38 bits per heavy atom. The predicted octanol–water partition coefficient (Wildman–Crippen LogP) is 3.10. The fourth-order valence-electron chi connectivity index (χ4n) is 2.21. The number of hydrogen-bond donors (Lipinski definition) is 2. The van der Waals surface area contributed by atoms with E-state index in [4.69, 9.17) is 5.73 Å². The van der Waals surface area contributed by atoms with Gasteiger partial charge in [0.25, 0.3) is 0 Å². The zero-order chi connectivity index (χ0) is 16.0. The lowest BCUT2D eigenvalue weighted by Crippen LogP contribution is -2.33. The van der Waals surface area contributed by atoms with E-state index < -0.39 is 5.82 Å². The largest absolute Gasteiger partial charge is 0.396 e. The average molecular weight is 295 g/mol. The Hall–Kier alpha value is -1.62. The second-order valence-electron chi connectivity index (χ2n) is 5.99. The first-order valence-corrected chi connectivity index (χ1v) is 7.34. The molecule has 4 nitrogen and oxygen atoms in total. The molecule has 0 bridgehead atoms. The quantitative estimate of drug-likeness (QED) is 0.760. The zero-order valence-electron chi connectivity index (χ0n) is 13.3. The lowest BCUT2D eigenvalue weighted by atomic mass is 10.0. The van der Waals surface area contributed by atoms with Gasteiger partial charge in [0, 0.05) is 24.7 Å². The molecule has 0 aliphatic carbocycles. The number of nitrogens with two attached hydrogens (primary N) is 1. The number of halogens is 1. The molecule has 0 saturated heterocycles.